The fourth-order valence-electron chi connectivity index (χ4n) is 5.70. The number of amides is 1. The van der Waals surface area contributed by atoms with Gasteiger partial charge < -0.3 is 4.90 Å². The molecule has 38 heavy (non-hydrogen) atoms. The van der Waals surface area contributed by atoms with Crippen LogP contribution in [0.1, 0.15) is 41.5 Å². The summed E-state index contributed by atoms with van der Waals surface area (Å²) >= 11 is 12.4. The zero-order chi connectivity index (χ0) is 26.6. The maximum atomic E-state index is 14.1. The average Bonchev–Trinajstić information content (AvgIpc) is 2.97. The molecule has 1 aliphatic rings. The molecule has 4 aromatic rings. The van der Waals surface area contributed by atoms with Crippen molar-refractivity contribution in [2.45, 2.75) is 30.1 Å². The molecule has 1 heterocycles. The van der Waals surface area contributed by atoms with Gasteiger partial charge in [0.1, 0.15) is 0 Å². The van der Waals surface area contributed by atoms with Gasteiger partial charge in [-0.2, -0.15) is 5.26 Å². The summed E-state index contributed by atoms with van der Waals surface area (Å²) in [5, 5.41) is 11.4. The van der Waals surface area contributed by atoms with Crippen LogP contribution in [0, 0.1) is 11.3 Å². The quantitative estimate of drug-likeness (QED) is 0.235. The van der Waals surface area contributed by atoms with Crippen LogP contribution in [0.15, 0.2) is 109 Å². The van der Waals surface area contributed by atoms with Crippen LogP contribution in [0.2, 0.25) is 10.0 Å². The second kappa shape index (κ2) is 11.0. The van der Waals surface area contributed by atoms with E-state index in [2.05, 4.69) is 30.3 Å². The Morgan fingerprint density at radius 1 is 0.737 bits per heavy atom. The summed E-state index contributed by atoms with van der Waals surface area (Å²) in [5.74, 6) is 0.0651. The Hall–Kier alpha value is -3.58. The van der Waals surface area contributed by atoms with Crippen molar-refractivity contribution >= 4 is 29.1 Å². The standard InChI is InChI=1S/C33H28Cl2N2O/c34-29-15-11-25(12-16-29)32(24-36)19-21-37(22-20-32)31(38)23-33(26-7-3-1-4-8-26,27-9-5-2-6-10-27)28-13-17-30(35)18-14-28/h1-18H,19-23H2. The number of rotatable bonds is 6. The molecular weight excluding hydrogens is 511 g/mol. The van der Waals surface area contributed by atoms with Gasteiger partial charge in [-0.05, 0) is 59.4 Å². The van der Waals surface area contributed by atoms with E-state index in [0.29, 0.717) is 36.0 Å². The van der Waals surface area contributed by atoms with E-state index in [1.54, 1.807) is 0 Å². The van der Waals surface area contributed by atoms with Crippen molar-refractivity contribution in [1.29, 1.82) is 5.26 Å². The molecule has 1 saturated heterocycles. The second-order valence-corrected chi connectivity index (χ2v) is 10.8. The third-order valence-electron chi connectivity index (χ3n) is 7.87. The SMILES string of the molecule is N#CC1(c2ccc(Cl)cc2)CCN(C(=O)CC(c2ccccc2)(c2ccccc2)c2ccc(Cl)cc2)CC1. The van der Waals surface area contributed by atoms with Crippen LogP contribution in [0.3, 0.4) is 0 Å². The van der Waals surface area contributed by atoms with E-state index in [0.717, 1.165) is 22.3 Å². The first-order valence-corrected chi connectivity index (χ1v) is 13.5. The summed E-state index contributed by atoms with van der Waals surface area (Å²) in [5.41, 5.74) is 2.76. The van der Waals surface area contributed by atoms with Crippen LogP contribution in [0.25, 0.3) is 0 Å². The Balaban J connectivity index is 1.49. The number of hydrogen-bond acceptors (Lipinski definition) is 2. The van der Waals surface area contributed by atoms with Gasteiger partial charge in [-0.3, -0.25) is 4.79 Å². The Labute approximate surface area is 234 Å². The lowest BCUT2D eigenvalue weighted by Gasteiger charge is -2.41. The van der Waals surface area contributed by atoms with Gasteiger partial charge in [0, 0.05) is 29.6 Å². The molecule has 0 radical (unpaired) electrons. The summed E-state index contributed by atoms with van der Waals surface area (Å²) in [6.45, 7) is 1.05. The number of halogens is 2. The molecule has 5 heteroatoms. The van der Waals surface area contributed by atoms with E-state index in [9.17, 15) is 10.1 Å². The fourth-order valence-corrected chi connectivity index (χ4v) is 5.95. The predicted octanol–water partition coefficient (Wildman–Crippen LogP) is 7.80. The molecule has 0 spiro atoms. The normalized spacial score (nSPS) is 15.0. The maximum absolute atomic E-state index is 14.1. The molecule has 0 aromatic heterocycles. The number of benzene rings is 4. The largest absolute Gasteiger partial charge is 0.343 e. The lowest BCUT2D eigenvalue weighted by atomic mass is 9.67. The van der Waals surface area contributed by atoms with Crippen molar-refractivity contribution in [3.63, 3.8) is 0 Å². The molecule has 190 valence electrons. The average molecular weight is 540 g/mol. The number of nitriles is 1. The van der Waals surface area contributed by atoms with Gasteiger partial charge >= 0.3 is 0 Å². The van der Waals surface area contributed by atoms with Crippen molar-refractivity contribution in [2.24, 2.45) is 0 Å². The topological polar surface area (TPSA) is 44.1 Å². The molecule has 0 N–H and O–H groups in total. The minimum atomic E-state index is -0.690. The van der Waals surface area contributed by atoms with Crippen molar-refractivity contribution in [2.75, 3.05) is 13.1 Å². The Bertz CT molecular complexity index is 1380. The molecule has 1 fully saturated rings. The van der Waals surface area contributed by atoms with Crippen LogP contribution in [0.4, 0.5) is 0 Å². The van der Waals surface area contributed by atoms with Crippen LogP contribution in [0.5, 0.6) is 0 Å². The first kappa shape index (κ1) is 26.0. The van der Waals surface area contributed by atoms with Crippen LogP contribution >= 0.6 is 23.2 Å². The van der Waals surface area contributed by atoms with E-state index in [1.807, 2.05) is 89.8 Å². The smallest absolute Gasteiger partial charge is 0.224 e. The number of carbonyl (C=O) groups excluding carboxylic acids is 1. The molecule has 0 saturated carbocycles. The van der Waals surface area contributed by atoms with E-state index in [-0.39, 0.29) is 12.3 Å². The summed E-state index contributed by atoms with van der Waals surface area (Å²) < 4.78 is 0. The molecular formula is C33H28Cl2N2O. The first-order valence-electron chi connectivity index (χ1n) is 12.8. The third kappa shape index (κ3) is 4.95. The molecule has 1 aliphatic heterocycles. The highest BCUT2D eigenvalue weighted by molar-refractivity contribution is 6.30. The summed E-state index contributed by atoms with van der Waals surface area (Å²) in [7, 11) is 0. The van der Waals surface area contributed by atoms with Crippen LogP contribution in [-0.2, 0) is 15.6 Å². The molecule has 5 rings (SSSR count). The highest BCUT2D eigenvalue weighted by Gasteiger charge is 2.42. The van der Waals surface area contributed by atoms with E-state index in [4.69, 9.17) is 23.2 Å². The lowest BCUT2D eigenvalue weighted by molar-refractivity contribution is -0.133. The van der Waals surface area contributed by atoms with Crippen LogP contribution in [-0.4, -0.2) is 23.9 Å². The number of likely N-dealkylation sites (tertiary alicyclic amines) is 1. The number of hydrogen-bond donors (Lipinski definition) is 0. The van der Waals surface area contributed by atoms with Crippen molar-refractivity contribution in [3.05, 3.63) is 141 Å². The zero-order valence-electron chi connectivity index (χ0n) is 21.0. The maximum Gasteiger partial charge on any atom is 0.224 e. The van der Waals surface area contributed by atoms with Gasteiger partial charge in [0.15, 0.2) is 0 Å². The third-order valence-corrected chi connectivity index (χ3v) is 8.37. The molecule has 0 bridgehead atoms. The number of piperidine rings is 1. The van der Waals surface area contributed by atoms with Gasteiger partial charge in [0.2, 0.25) is 5.91 Å². The highest BCUT2D eigenvalue weighted by Crippen LogP contribution is 2.44. The summed E-state index contributed by atoms with van der Waals surface area (Å²) in [4.78, 5) is 16.0. The van der Waals surface area contributed by atoms with Gasteiger partial charge in [-0.25, -0.2) is 0 Å². The number of nitrogens with zero attached hydrogens (tertiary/aromatic N) is 2. The monoisotopic (exact) mass is 538 g/mol. The highest BCUT2D eigenvalue weighted by atomic mass is 35.5. The van der Waals surface area contributed by atoms with Gasteiger partial charge in [0.05, 0.1) is 16.9 Å². The Morgan fingerprint density at radius 2 is 1.18 bits per heavy atom. The summed E-state index contributed by atoms with van der Waals surface area (Å²) in [6.07, 6.45) is 1.44. The fraction of sp³-hybridized carbons (Fsp3) is 0.212. The van der Waals surface area contributed by atoms with E-state index >= 15 is 0 Å². The zero-order valence-corrected chi connectivity index (χ0v) is 22.5. The van der Waals surface area contributed by atoms with Crippen LogP contribution < -0.4 is 0 Å². The van der Waals surface area contributed by atoms with Gasteiger partial charge in [0.25, 0.3) is 0 Å². The van der Waals surface area contributed by atoms with E-state index < -0.39 is 10.8 Å². The van der Waals surface area contributed by atoms with Gasteiger partial charge in [-0.1, -0.05) is 108 Å². The molecule has 0 atom stereocenters. The van der Waals surface area contributed by atoms with Crippen molar-refractivity contribution < 1.29 is 4.79 Å². The Morgan fingerprint density at radius 3 is 1.66 bits per heavy atom. The second-order valence-electron chi connectivity index (χ2n) is 9.90. The minimum Gasteiger partial charge on any atom is -0.343 e. The minimum absolute atomic E-state index is 0.0651. The van der Waals surface area contributed by atoms with Crippen molar-refractivity contribution in [3.8, 4) is 6.07 Å². The lowest BCUT2D eigenvalue weighted by Crippen LogP contribution is -2.47. The van der Waals surface area contributed by atoms with Gasteiger partial charge in [-0.15, -0.1) is 0 Å². The molecule has 3 nitrogen and oxygen atoms in total. The van der Waals surface area contributed by atoms with Crippen molar-refractivity contribution in [1.82, 2.24) is 4.90 Å². The Kier molecular flexibility index (Phi) is 7.56. The first-order chi connectivity index (χ1) is 18.5. The molecule has 4 aromatic carbocycles. The van der Waals surface area contributed by atoms with E-state index in [1.165, 1.54) is 0 Å². The molecule has 0 aliphatic carbocycles. The molecule has 0 unspecified atom stereocenters. The molecule has 1 amide bonds. The number of carbonyl (C=O) groups is 1. The summed E-state index contributed by atoms with van der Waals surface area (Å²) in [6, 6.07) is 38.3. The predicted molar refractivity (Wildman–Crippen MR) is 153 cm³/mol.